The zero-order valence-electron chi connectivity index (χ0n) is 22.4. The van der Waals surface area contributed by atoms with E-state index in [-0.39, 0.29) is 35.2 Å². The highest BCUT2D eigenvalue weighted by molar-refractivity contribution is 9.10. The molecule has 4 atom stereocenters. The summed E-state index contributed by atoms with van der Waals surface area (Å²) in [5, 5.41) is 21.9. The third-order valence-electron chi connectivity index (χ3n) is 8.95. The molecule has 2 spiro atoms. The van der Waals surface area contributed by atoms with Gasteiger partial charge in [0, 0.05) is 45.9 Å². The highest BCUT2D eigenvalue weighted by Gasteiger charge is 2.74. The number of carbonyl (C=O) groups excluding carboxylic acids is 2. The summed E-state index contributed by atoms with van der Waals surface area (Å²) in [5.41, 5.74) is 0.202. The molecule has 0 aromatic heterocycles. The summed E-state index contributed by atoms with van der Waals surface area (Å²) in [7, 11) is 1.59. The van der Waals surface area contributed by atoms with E-state index in [9.17, 15) is 14.9 Å². The van der Waals surface area contributed by atoms with Gasteiger partial charge in [-0.2, -0.15) is 0 Å². The predicted molar refractivity (Wildman–Crippen MR) is 161 cm³/mol. The molecular weight excluding hydrogens is 600 g/mol. The molecule has 9 nitrogen and oxygen atoms in total. The summed E-state index contributed by atoms with van der Waals surface area (Å²) in [6, 6.07) is 26.8. The Bertz CT molecular complexity index is 1780. The van der Waals surface area contributed by atoms with Crippen molar-refractivity contribution in [1.29, 1.82) is 0 Å². The van der Waals surface area contributed by atoms with Crippen LogP contribution in [-0.2, 0) is 10.3 Å². The van der Waals surface area contributed by atoms with Crippen molar-refractivity contribution in [3.8, 4) is 5.75 Å². The number of ether oxygens (including phenoxy) is 1. The normalized spacial score (nSPS) is 25.6. The van der Waals surface area contributed by atoms with Crippen molar-refractivity contribution in [3.05, 3.63) is 128 Å². The SMILES string of the molecule is COc1ccc([C@@H]2[C@@H](c3ccccc3)N[C@]3(C(=O)Nc4ccc(Br)cc43)[C@]23CNc2c(cccc2[N+](=O)[O-])C3=O)cc1. The molecule has 1 amide bonds. The van der Waals surface area contributed by atoms with Crippen LogP contribution in [-0.4, -0.2) is 30.3 Å². The summed E-state index contributed by atoms with van der Waals surface area (Å²) in [5.74, 6) is -0.591. The maximum absolute atomic E-state index is 15.2. The first kappa shape index (κ1) is 26.4. The van der Waals surface area contributed by atoms with Crippen molar-refractivity contribution in [2.24, 2.45) is 5.41 Å². The van der Waals surface area contributed by atoms with E-state index in [0.717, 1.165) is 15.6 Å². The van der Waals surface area contributed by atoms with Gasteiger partial charge in [0.15, 0.2) is 5.78 Å². The number of methoxy groups -OCH3 is 1. The van der Waals surface area contributed by atoms with Crippen LogP contribution >= 0.6 is 15.9 Å². The number of nitro groups is 1. The average molecular weight is 625 g/mol. The molecule has 3 aliphatic rings. The lowest BCUT2D eigenvalue weighted by atomic mass is 9.55. The highest BCUT2D eigenvalue weighted by Crippen LogP contribution is 2.66. The Morgan fingerprint density at radius 1 is 0.952 bits per heavy atom. The Hall–Kier alpha value is -4.54. The van der Waals surface area contributed by atoms with Gasteiger partial charge in [0.2, 0.25) is 0 Å². The zero-order valence-corrected chi connectivity index (χ0v) is 24.0. The van der Waals surface area contributed by atoms with Gasteiger partial charge >= 0.3 is 0 Å². The van der Waals surface area contributed by atoms with Crippen LogP contribution in [0.25, 0.3) is 0 Å². The summed E-state index contributed by atoms with van der Waals surface area (Å²) < 4.78 is 6.18. The summed E-state index contributed by atoms with van der Waals surface area (Å²) >= 11 is 3.57. The Labute approximate surface area is 249 Å². The summed E-state index contributed by atoms with van der Waals surface area (Å²) in [4.78, 5) is 41.1. The number of hydrogen-bond donors (Lipinski definition) is 3. The quantitative estimate of drug-likeness (QED) is 0.190. The molecule has 3 aliphatic heterocycles. The largest absolute Gasteiger partial charge is 0.497 e. The van der Waals surface area contributed by atoms with Crippen LogP contribution in [0.1, 0.15) is 39.0 Å². The standard InChI is InChI=1S/C32H25BrN4O5/c1-42-21-13-10-18(11-14-21)26-27(19-6-3-2-4-7-19)36-32(23-16-20(33)12-15-24(23)35-30(32)39)31(26)17-34-28-22(29(31)38)8-5-9-25(28)37(40)41/h2-16,26-27,34,36H,17H2,1H3,(H,35,39)/t26-,27-,31-,32-/m1/s1. The number of nitrogens with zero attached hydrogens (tertiary/aromatic N) is 1. The first-order chi connectivity index (χ1) is 20.3. The molecule has 3 heterocycles. The molecule has 0 aliphatic carbocycles. The molecule has 3 N–H and O–H groups in total. The number of fused-ring (bicyclic) bond motifs is 4. The predicted octanol–water partition coefficient (Wildman–Crippen LogP) is 5.94. The lowest BCUT2D eigenvalue weighted by Crippen LogP contribution is -2.62. The lowest BCUT2D eigenvalue weighted by molar-refractivity contribution is -0.384. The zero-order chi connectivity index (χ0) is 29.2. The molecule has 1 fully saturated rings. The van der Waals surface area contributed by atoms with Crippen LogP contribution in [0.15, 0.2) is 95.5 Å². The Kier molecular flexibility index (Phi) is 5.96. The molecule has 10 heteroatoms. The van der Waals surface area contributed by atoms with Crippen molar-refractivity contribution in [2.75, 3.05) is 24.3 Å². The van der Waals surface area contributed by atoms with Gasteiger partial charge in [0.05, 0.1) is 17.4 Å². The minimum absolute atomic E-state index is 0.0178. The number of hydrogen-bond acceptors (Lipinski definition) is 7. The van der Waals surface area contributed by atoms with E-state index < -0.39 is 27.8 Å². The van der Waals surface area contributed by atoms with Gasteiger partial charge in [-0.15, -0.1) is 0 Å². The van der Waals surface area contributed by atoms with E-state index >= 15 is 4.79 Å². The van der Waals surface area contributed by atoms with E-state index in [1.165, 1.54) is 12.1 Å². The van der Waals surface area contributed by atoms with Crippen LogP contribution < -0.4 is 20.7 Å². The van der Waals surface area contributed by atoms with Crippen LogP contribution in [0.2, 0.25) is 0 Å². The smallest absolute Gasteiger partial charge is 0.293 e. The highest BCUT2D eigenvalue weighted by atomic mass is 79.9. The molecule has 4 aromatic carbocycles. The van der Waals surface area contributed by atoms with Crippen molar-refractivity contribution >= 4 is 44.7 Å². The number of para-hydroxylation sites is 1. The van der Waals surface area contributed by atoms with Gasteiger partial charge in [-0.1, -0.05) is 64.5 Å². The Balaban J connectivity index is 1.57. The van der Waals surface area contributed by atoms with Crippen molar-refractivity contribution in [3.63, 3.8) is 0 Å². The number of carbonyl (C=O) groups is 2. The van der Waals surface area contributed by atoms with E-state index in [2.05, 4.69) is 31.9 Å². The second-order valence-corrected chi connectivity index (χ2v) is 11.7. The summed E-state index contributed by atoms with van der Waals surface area (Å²) in [6.45, 7) is -0.0178. The maximum atomic E-state index is 15.2. The molecular formula is C32H25BrN4O5. The van der Waals surface area contributed by atoms with E-state index in [0.29, 0.717) is 17.0 Å². The van der Waals surface area contributed by atoms with Crippen LogP contribution in [0.4, 0.5) is 17.1 Å². The third kappa shape index (κ3) is 3.45. The number of rotatable bonds is 4. The minimum atomic E-state index is -1.51. The minimum Gasteiger partial charge on any atom is -0.497 e. The molecule has 0 radical (unpaired) electrons. The lowest BCUT2D eigenvalue weighted by Gasteiger charge is -2.46. The fourth-order valence-corrected chi connectivity index (χ4v) is 7.58. The van der Waals surface area contributed by atoms with Crippen LogP contribution in [0.3, 0.4) is 0 Å². The molecule has 0 saturated carbocycles. The van der Waals surface area contributed by atoms with Gasteiger partial charge in [0.25, 0.3) is 11.6 Å². The Morgan fingerprint density at radius 2 is 1.71 bits per heavy atom. The fourth-order valence-electron chi connectivity index (χ4n) is 7.22. The van der Waals surface area contributed by atoms with Crippen molar-refractivity contribution in [2.45, 2.75) is 17.5 Å². The van der Waals surface area contributed by atoms with Crippen molar-refractivity contribution < 1.29 is 19.2 Å². The molecule has 4 aromatic rings. The van der Waals surface area contributed by atoms with Gasteiger partial charge in [0.1, 0.15) is 17.0 Å². The molecule has 0 unspecified atom stereocenters. The molecule has 7 rings (SSSR count). The van der Waals surface area contributed by atoms with Crippen LogP contribution in [0, 0.1) is 15.5 Å². The fraction of sp³-hybridized carbons (Fsp3) is 0.188. The van der Waals surface area contributed by atoms with Gasteiger partial charge in [-0.25, -0.2) is 0 Å². The summed E-state index contributed by atoms with van der Waals surface area (Å²) in [6.07, 6.45) is 0. The number of nitro benzene ring substituents is 1. The van der Waals surface area contributed by atoms with Gasteiger partial charge in [-0.05, 0) is 47.5 Å². The monoisotopic (exact) mass is 624 g/mol. The topological polar surface area (TPSA) is 123 Å². The maximum Gasteiger partial charge on any atom is 0.293 e. The average Bonchev–Trinajstić information content (AvgIpc) is 3.47. The molecule has 42 heavy (non-hydrogen) atoms. The molecule has 0 bridgehead atoms. The van der Waals surface area contributed by atoms with Gasteiger partial charge in [-0.3, -0.25) is 25.0 Å². The van der Waals surface area contributed by atoms with E-state index in [1.54, 1.807) is 13.2 Å². The van der Waals surface area contributed by atoms with E-state index in [1.807, 2.05) is 72.8 Å². The number of anilines is 2. The molecule has 1 saturated heterocycles. The number of nitrogens with one attached hydrogen (secondary N) is 3. The van der Waals surface area contributed by atoms with Crippen molar-refractivity contribution in [1.82, 2.24) is 5.32 Å². The third-order valence-corrected chi connectivity index (χ3v) is 9.44. The number of Topliss-reactive ketones (excluding diaryl/α,β-unsaturated/α-hetero) is 1. The Morgan fingerprint density at radius 3 is 2.43 bits per heavy atom. The number of ketones is 1. The number of halogens is 1. The van der Waals surface area contributed by atoms with Crippen LogP contribution in [0.5, 0.6) is 5.75 Å². The number of benzene rings is 4. The second kappa shape index (κ2) is 9.50. The van der Waals surface area contributed by atoms with Gasteiger partial charge < -0.3 is 15.4 Å². The first-order valence-electron chi connectivity index (χ1n) is 13.5. The number of amides is 1. The molecule has 210 valence electrons. The first-order valence-corrected chi connectivity index (χ1v) is 14.3. The van der Waals surface area contributed by atoms with E-state index in [4.69, 9.17) is 4.74 Å². The second-order valence-electron chi connectivity index (χ2n) is 10.8.